The first-order valence-corrected chi connectivity index (χ1v) is 5.71. The molecule has 0 unspecified atom stereocenters. The van der Waals surface area contributed by atoms with Crippen molar-refractivity contribution in [1.29, 1.82) is 0 Å². The number of aliphatic hydroxyl groups excluding tert-OH is 3. The van der Waals surface area contributed by atoms with Crippen molar-refractivity contribution in [3.05, 3.63) is 0 Å². The molecular formula is C3H32AlKO23S2. The van der Waals surface area contributed by atoms with Crippen molar-refractivity contribution in [3.63, 3.8) is 0 Å². The van der Waals surface area contributed by atoms with Crippen molar-refractivity contribution in [2.24, 2.45) is 0 Å². The second-order valence-electron chi connectivity index (χ2n) is 1.84. The minimum Gasteiger partial charge on any atom is -0.759 e. The molecule has 0 aliphatic heterocycles. The largest absolute Gasteiger partial charge is 3.00 e. The third kappa shape index (κ3) is 833. The number of rotatable bonds is 2. The summed E-state index contributed by atoms with van der Waals surface area (Å²) < 4.78 is 68.2. The van der Waals surface area contributed by atoms with Crippen LogP contribution in [0.15, 0.2) is 0 Å². The molecule has 0 radical (unpaired) electrons. The summed E-state index contributed by atoms with van der Waals surface area (Å²) in [5.41, 5.74) is 0. The van der Waals surface area contributed by atoms with E-state index in [9.17, 15) is 0 Å². The summed E-state index contributed by atoms with van der Waals surface area (Å²) >= 11 is 0. The molecule has 0 aliphatic carbocycles. The molecule has 198 valence electrons. The summed E-state index contributed by atoms with van der Waals surface area (Å²) in [6.45, 7) is -0.729. The van der Waals surface area contributed by atoms with Gasteiger partial charge < -0.3 is 99.2 Å². The van der Waals surface area contributed by atoms with Gasteiger partial charge in [-0.1, -0.05) is 0 Å². The Labute approximate surface area is 223 Å². The van der Waals surface area contributed by atoms with Crippen LogP contribution in [-0.2, 0) is 20.8 Å². The monoisotopic (exact) mass is 566 g/mol. The van der Waals surface area contributed by atoms with Gasteiger partial charge in [-0.3, -0.25) is 16.8 Å². The Kier molecular flexibility index (Phi) is 364. The van der Waals surface area contributed by atoms with Gasteiger partial charge in [-0.25, -0.2) is 0 Å². The van der Waals surface area contributed by atoms with Crippen LogP contribution in [0.3, 0.4) is 0 Å². The smallest absolute Gasteiger partial charge is 0.759 e. The molecule has 0 atom stereocenters. The predicted molar refractivity (Wildman–Crippen MR) is 90.2 cm³/mol. The van der Waals surface area contributed by atoms with Gasteiger partial charge in [0.25, 0.3) is 0 Å². The minimum atomic E-state index is -5.17. The average molecular weight is 566 g/mol. The van der Waals surface area contributed by atoms with Gasteiger partial charge >= 0.3 is 68.7 Å². The van der Waals surface area contributed by atoms with E-state index < -0.39 is 26.9 Å². The summed E-state index contributed by atoms with van der Waals surface area (Å²) in [6, 6.07) is 0. The van der Waals surface area contributed by atoms with Crippen molar-refractivity contribution in [1.82, 2.24) is 0 Å². The zero-order chi connectivity index (χ0) is 14.0. The third-order valence-electron chi connectivity index (χ3n) is 0.421. The minimum absolute atomic E-state index is 0. The number of aliphatic hydroxyl groups is 3. The van der Waals surface area contributed by atoms with E-state index in [-0.39, 0.29) is 148 Å². The third-order valence-corrected chi connectivity index (χ3v) is 0.421. The van der Waals surface area contributed by atoms with Crippen molar-refractivity contribution in [2.45, 2.75) is 6.10 Å². The van der Waals surface area contributed by atoms with E-state index in [2.05, 4.69) is 0 Å². The van der Waals surface area contributed by atoms with Crippen LogP contribution in [0.2, 0.25) is 0 Å². The first-order valence-electron chi connectivity index (χ1n) is 3.04. The van der Waals surface area contributed by atoms with Crippen LogP contribution in [0.25, 0.3) is 0 Å². The Balaban J connectivity index is -0.00000000458. The van der Waals surface area contributed by atoms with E-state index in [4.69, 9.17) is 50.4 Å². The summed E-state index contributed by atoms with van der Waals surface area (Å²) in [5.74, 6) is 0. The van der Waals surface area contributed by atoms with Gasteiger partial charge in [0.1, 0.15) is 6.10 Å². The molecule has 0 heterocycles. The molecule has 27 heteroatoms. The van der Waals surface area contributed by atoms with Crippen LogP contribution in [0.4, 0.5) is 0 Å². The molecule has 27 N–H and O–H groups in total. The molecule has 0 aromatic rings. The quantitative estimate of drug-likeness (QED) is 0.160. The maximum Gasteiger partial charge on any atom is 3.00 e. The van der Waals surface area contributed by atoms with Crippen molar-refractivity contribution in [3.8, 4) is 0 Å². The fourth-order valence-electron chi connectivity index (χ4n) is 0.0577. The summed E-state index contributed by atoms with van der Waals surface area (Å²) in [4.78, 5) is 0. The Hall–Kier alpha value is 1.31. The average Bonchev–Trinajstić information content (AvgIpc) is 1.96. The molecule has 0 saturated heterocycles. The van der Waals surface area contributed by atoms with E-state index in [1.54, 1.807) is 0 Å². The van der Waals surface area contributed by atoms with Crippen LogP contribution in [0, 0.1) is 0 Å². The second-order valence-corrected chi connectivity index (χ2v) is 3.47. The molecule has 0 amide bonds. The molecule has 0 fully saturated rings. The maximum atomic E-state index is 8.52. The van der Waals surface area contributed by atoms with Gasteiger partial charge in [0.15, 0.2) is 0 Å². The Morgan fingerprint density at radius 1 is 0.533 bits per heavy atom. The molecule has 0 spiro atoms. The van der Waals surface area contributed by atoms with Gasteiger partial charge in [0.2, 0.25) is 0 Å². The van der Waals surface area contributed by atoms with Crippen LogP contribution >= 0.6 is 0 Å². The number of hydrogen-bond donors (Lipinski definition) is 3. The summed E-state index contributed by atoms with van der Waals surface area (Å²) in [7, 11) is -10.3. The first-order chi connectivity index (χ1) is 6.81. The van der Waals surface area contributed by atoms with Gasteiger partial charge in [-0.2, -0.15) is 0 Å². The van der Waals surface area contributed by atoms with Gasteiger partial charge in [-0.15, -0.1) is 0 Å². The van der Waals surface area contributed by atoms with Gasteiger partial charge in [-0.05, 0) is 0 Å². The first kappa shape index (κ1) is 140. The molecule has 0 saturated carbocycles. The number of hydrogen-bond acceptors (Lipinski definition) is 11. The van der Waals surface area contributed by atoms with E-state index in [1.165, 1.54) is 0 Å². The van der Waals surface area contributed by atoms with Crippen LogP contribution in [0.5, 0.6) is 0 Å². The second kappa shape index (κ2) is 77.7. The normalized spacial score (nSPS) is 5.87. The molecule has 30 heavy (non-hydrogen) atoms. The fourth-order valence-corrected chi connectivity index (χ4v) is 0.0577. The van der Waals surface area contributed by atoms with Gasteiger partial charge in [0.05, 0.1) is 13.2 Å². The predicted octanol–water partition coefficient (Wildman–Crippen LogP) is -17.6. The van der Waals surface area contributed by atoms with E-state index in [1.807, 2.05) is 0 Å². The van der Waals surface area contributed by atoms with E-state index in [0.717, 1.165) is 0 Å². The van der Waals surface area contributed by atoms with Crippen molar-refractivity contribution >= 4 is 38.2 Å². The Morgan fingerprint density at radius 2 is 0.600 bits per heavy atom. The van der Waals surface area contributed by atoms with Crippen molar-refractivity contribution in [2.75, 3.05) is 13.2 Å². The maximum absolute atomic E-state index is 8.52. The van der Waals surface area contributed by atoms with E-state index in [0.29, 0.717) is 0 Å². The Morgan fingerprint density at radius 3 is 0.600 bits per heavy atom. The van der Waals surface area contributed by atoms with Crippen molar-refractivity contribution < 1.29 is 167 Å². The SMILES string of the molecule is O.O.O.O.O.O.O.O.O.O.O.O.O=S(=O)([O-])[O-].O=S(=O)([O-])[O-].OCC(O)CO.[Al+3].[K+]. The molecule has 0 aliphatic rings. The van der Waals surface area contributed by atoms with Crippen LogP contribution < -0.4 is 51.4 Å². The summed E-state index contributed by atoms with van der Waals surface area (Å²) in [6.07, 6.45) is -0.954. The molecule has 0 aromatic carbocycles. The molecule has 23 nitrogen and oxygen atoms in total. The van der Waals surface area contributed by atoms with E-state index >= 15 is 0 Å². The fraction of sp³-hybridized carbons (Fsp3) is 1.00. The topological polar surface area (TPSA) is 599 Å². The standard InChI is InChI=1S/C3H8O3.Al.K.2H2O4S.12H2O/c4-1-3(6)2-5;;;2*1-5(2,3)4;;;;;;;;;;;;/h3-6H,1-2H2;;;2*(H2,1,2,3,4);12*1H2/q;+3;+1;;;;;;;;;;;;;;/p-4. The Bertz CT molecular complexity index is 293. The van der Waals surface area contributed by atoms with Crippen LogP contribution in [-0.4, -0.2) is 153 Å². The summed E-state index contributed by atoms with van der Waals surface area (Å²) in [5, 5.41) is 24.0. The zero-order valence-corrected chi connectivity index (χ0v) is 20.9. The van der Waals surface area contributed by atoms with Gasteiger partial charge in [0, 0.05) is 20.8 Å². The zero-order valence-electron chi connectivity index (χ0n) is 15.0. The molecule has 0 bridgehead atoms. The molecular weight excluding hydrogens is 534 g/mol. The van der Waals surface area contributed by atoms with Crippen LogP contribution in [0.1, 0.15) is 0 Å². The molecule has 0 rings (SSSR count). The molecule has 0 aromatic heterocycles.